The van der Waals surface area contributed by atoms with Crippen molar-refractivity contribution in [3.8, 4) is 0 Å². The lowest BCUT2D eigenvalue weighted by Gasteiger charge is -2.22. The molecule has 0 saturated carbocycles. The fraction of sp³-hybridized carbons (Fsp3) is 0.500. The van der Waals surface area contributed by atoms with Crippen molar-refractivity contribution in [3.63, 3.8) is 0 Å². The van der Waals surface area contributed by atoms with Gasteiger partial charge in [0.2, 0.25) is 0 Å². The van der Waals surface area contributed by atoms with Crippen molar-refractivity contribution >= 4 is 15.8 Å². The molecule has 0 bridgehead atoms. The third-order valence-corrected chi connectivity index (χ3v) is 4.80. The van der Waals surface area contributed by atoms with Gasteiger partial charge in [-0.3, -0.25) is 4.79 Å². The van der Waals surface area contributed by atoms with Crippen LogP contribution in [0.25, 0.3) is 0 Å². The molecule has 0 radical (unpaired) electrons. The van der Waals surface area contributed by atoms with Gasteiger partial charge in [0, 0.05) is 0 Å². The molecule has 0 N–H and O–H groups in total. The predicted octanol–water partition coefficient (Wildman–Crippen LogP) is 2.50. The molecule has 0 fully saturated rings. The van der Waals surface area contributed by atoms with E-state index in [1.54, 1.807) is 45.9 Å². The second kappa shape index (κ2) is 5.33. The van der Waals surface area contributed by atoms with Gasteiger partial charge in [0.25, 0.3) is 0 Å². The topological polar surface area (TPSA) is 60.4 Å². The number of carbonyl (C=O) groups is 1. The van der Waals surface area contributed by atoms with Crippen LogP contribution in [0.2, 0.25) is 0 Å². The van der Waals surface area contributed by atoms with Gasteiger partial charge in [0.05, 0.1) is 4.90 Å². The van der Waals surface area contributed by atoms with Gasteiger partial charge in [-0.1, -0.05) is 18.2 Å². The van der Waals surface area contributed by atoms with E-state index < -0.39 is 26.7 Å². The summed E-state index contributed by atoms with van der Waals surface area (Å²) in [5.74, 6) is -0.726. The Morgan fingerprint density at radius 1 is 1.21 bits per heavy atom. The first-order valence-electron chi connectivity index (χ1n) is 6.08. The van der Waals surface area contributed by atoms with Crippen LogP contribution in [0.4, 0.5) is 0 Å². The summed E-state index contributed by atoms with van der Waals surface area (Å²) in [5.41, 5.74) is -0.0787. The molecule has 106 valence electrons. The molecular weight excluding hydrogens is 264 g/mol. The fourth-order valence-electron chi connectivity index (χ4n) is 1.58. The molecule has 0 spiro atoms. The Labute approximate surface area is 114 Å². The summed E-state index contributed by atoms with van der Waals surface area (Å²) in [5, 5.41) is -1.21. The fourth-order valence-corrected chi connectivity index (χ4v) is 3.04. The van der Waals surface area contributed by atoms with Gasteiger partial charge in [0.1, 0.15) is 5.60 Å². The zero-order chi connectivity index (χ0) is 14.8. The van der Waals surface area contributed by atoms with E-state index in [2.05, 4.69) is 0 Å². The maximum Gasteiger partial charge on any atom is 0.324 e. The van der Waals surface area contributed by atoms with Crippen molar-refractivity contribution < 1.29 is 17.9 Å². The Morgan fingerprint density at radius 2 is 1.74 bits per heavy atom. The summed E-state index contributed by atoms with van der Waals surface area (Å²) >= 11 is 0. The van der Waals surface area contributed by atoms with Crippen LogP contribution in [0.3, 0.4) is 0 Å². The van der Waals surface area contributed by atoms with Crippen molar-refractivity contribution in [2.24, 2.45) is 0 Å². The largest absolute Gasteiger partial charge is 0.459 e. The van der Waals surface area contributed by atoms with Gasteiger partial charge in [-0.05, 0) is 46.2 Å². The van der Waals surface area contributed by atoms with E-state index in [4.69, 9.17) is 4.74 Å². The summed E-state index contributed by atoms with van der Waals surface area (Å²) in [7, 11) is -3.72. The van der Waals surface area contributed by atoms with Crippen LogP contribution in [0.5, 0.6) is 0 Å². The number of benzene rings is 1. The molecule has 19 heavy (non-hydrogen) atoms. The maximum absolute atomic E-state index is 12.4. The lowest BCUT2D eigenvalue weighted by atomic mass is 10.2. The Kier molecular flexibility index (Phi) is 4.40. The standard InChI is InChI=1S/C14H20O4S/c1-10-8-6-7-9-12(10)19(16,17)11(2)13(15)18-14(3,4)5/h6-9,11H,1-5H3. The molecular formula is C14H20O4S. The minimum Gasteiger partial charge on any atom is -0.459 e. The number of carbonyl (C=O) groups excluding carboxylic acids is 1. The smallest absolute Gasteiger partial charge is 0.324 e. The summed E-state index contributed by atoms with van der Waals surface area (Å²) in [6.07, 6.45) is 0. The summed E-state index contributed by atoms with van der Waals surface area (Å²) in [6, 6.07) is 6.61. The number of aryl methyl sites for hydroxylation is 1. The van der Waals surface area contributed by atoms with E-state index in [0.717, 1.165) is 0 Å². The van der Waals surface area contributed by atoms with Gasteiger partial charge in [-0.25, -0.2) is 8.42 Å². The first kappa shape index (κ1) is 15.7. The third kappa shape index (κ3) is 3.80. The van der Waals surface area contributed by atoms with Crippen molar-refractivity contribution in [2.45, 2.75) is 50.4 Å². The van der Waals surface area contributed by atoms with E-state index in [1.165, 1.54) is 13.0 Å². The minimum absolute atomic E-state index is 0.174. The molecule has 0 saturated heterocycles. The predicted molar refractivity (Wildman–Crippen MR) is 73.7 cm³/mol. The van der Waals surface area contributed by atoms with Crippen molar-refractivity contribution in [1.29, 1.82) is 0 Å². The molecule has 0 aromatic heterocycles. The molecule has 5 heteroatoms. The quantitative estimate of drug-likeness (QED) is 0.800. The zero-order valence-corrected chi connectivity index (χ0v) is 12.7. The highest BCUT2D eigenvalue weighted by atomic mass is 32.2. The molecule has 1 atom stereocenters. The third-order valence-electron chi connectivity index (χ3n) is 2.60. The highest BCUT2D eigenvalue weighted by molar-refractivity contribution is 7.92. The molecule has 0 aliphatic rings. The van der Waals surface area contributed by atoms with Crippen LogP contribution in [0.15, 0.2) is 29.2 Å². The second-order valence-corrected chi connectivity index (χ2v) is 7.72. The Hall–Kier alpha value is -1.36. The Morgan fingerprint density at radius 3 is 2.21 bits per heavy atom. The van der Waals surface area contributed by atoms with E-state index in [-0.39, 0.29) is 4.90 Å². The number of hydrogen-bond donors (Lipinski definition) is 0. The monoisotopic (exact) mass is 284 g/mol. The van der Waals surface area contributed by atoms with Crippen molar-refractivity contribution in [3.05, 3.63) is 29.8 Å². The van der Waals surface area contributed by atoms with Gasteiger partial charge in [-0.2, -0.15) is 0 Å². The number of rotatable bonds is 3. The van der Waals surface area contributed by atoms with Gasteiger partial charge in [-0.15, -0.1) is 0 Å². The van der Waals surface area contributed by atoms with E-state index in [0.29, 0.717) is 5.56 Å². The lowest BCUT2D eigenvalue weighted by Crippen LogP contribution is -2.35. The van der Waals surface area contributed by atoms with Gasteiger partial charge < -0.3 is 4.74 Å². The van der Waals surface area contributed by atoms with Crippen LogP contribution in [-0.2, 0) is 19.4 Å². The molecule has 0 amide bonds. The number of sulfone groups is 1. The average molecular weight is 284 g/mol. The summed E-state index contributed by atoms with van der Waals surface area (Å²) in [4.78, 5) is 12.1. The maximum atomic E-state index is 12.4. The summed E-state index contributed by atoms with van der Waals surface area (Å²) in [6.45, 7) is 8.18. The first-order valence-corrected chi connectivity index (χ1v) is 7.63. The van der Waals surface area contributed by atoms with Crippen LogP contribution < -0.4 is 0 Å². The molecule has 0 heterocycles. The van der Waals surface area contributed by atoms with Crippen LogP contribution in [0.1, 0.15) is 33.3 Å². The van der Waals surface area contributed by atoms with Gasteiger partial charge in [0.15, 0.2) is 15.1 Å². The zero-order valence-electron chi connectivity index (χ0n) is 11.9. The molecule has 1 aromatic rings. The SMILES string of the molecule is Cc1ccccc1S(=O)(=O)C(C)C(=O)OC(C)(C)C. The lowest BCUT2D eigenvalue weighted by molar-refractivity contribution is -0.153. The first-order chi connectivity index (χ1) is 8.55. The van der Waals surface area contributed by atoms with E-state index >= 15 is 0 Å². The van der Waals surface area contributed by atoms with Crippen LogP contribution >= 0.6 is 0 Å². The molecule has 1 rings (SSSR count). The highest BCUT2D eigenvalue weighted by Crippen LogP contribution is 2.22. The number of ether oxygens (including phenoxy) is 1. The molecule has 1 aromatic carbocycles. The molecule has 0 aliphatic heterocycles. The Bertz CT molecular complexity index is 567. The van der Waals surface area contributed by atoms with E-state index in [9.17, 15) is 13.2 Å². The van der Waals surface area contributed by atoms with E-state index in [1.807, 2.05) is 0 Å². The second-order valence-electron chi connectivity index (χ2n) is 5.49. The molecule has 1 unspecified atom stereocenters. The average Bonchev–Trinajstić information content (AvgIpc) is 2.26. The molecule has 4 nitrogen and oxygen atoms in total. The van der Waals surface area contributed by atoms with Gasteiger partial charge >= 0.3 is 5.97 Å². The van der Waals surface area contributed by atoms with Crippen molar-refractivity contribution in [1.82, 2.24) is 0 Å². The summed E-state index contributed by atoms with van der Waals surface area (Å²) < 4.78 is 29.9. The van der Waals surface area contributed by atoms with Crippen molar-refractivity contribution in [2.75, 3.05) is 0 Å². The number of hydrogen-bond acceptors (Lipinski definition) is 4. The molecule has 0 aliphatic carbocycles. The Balaban J connectivity index is 3.08. The number of esters is 1. The van der Waals surface area contributed by atoms with Crippen LogP contribution in [-0.4, -0.2) is 25.2 Å². The van der Waals surface area contributed by atoms with Crippen LogP contribution in [0, 0.1) is 6.92 Å². The normalized spacial score (nSPS) is 13.9. The minimum atomic E-state index is -3.72. The highest BCUT2D eigenvalue weighted by Gasteiger charge is 2.34.